The molecule has 2 heterocycles. The fraction of sp³-hybridized carbons (Fsp3) is 0.400. The van der Waals surface area contributed by atoms with Crippen LogP contribution in [0.15, 0.2) is 41.3 Å². The van der Waals surface area contributed by atoms with Crippen LogP contribution < -0.4 is 9.62 Å². The van der Waals surface area contributed by atoms with Crippen molar-refractivity contribution in [2.75, 3.05) is 35.8 Å². The minimum atomic E-state index is -4.17. The Labute approximate surface area is 199 Å². The minimum absolute atomic E-state index is 0.0174. The highest BCUT2D eigenvalue weighted by Gasteiger charge is 2.37. The summed E-state index contributed by atoms with van der Waals surface area (Å²) in [7, 11) is -4.17. The van der Waals surface area contributed by atoms with Crippen molar-refractivity contribution in [2.45, 2.75) is 44.0 Å². The molecule has 0 radical (unpaired) electrons. The van der Waals surface area contributed by atoms with Crippen LogP contribution in [0.2, 0.25) is 0 Å². The third kappa shape index (κ3) is 4.67. The molecule has 2 aliphatic heterocycles. The van der Waals surface area contributed by atoms with Crippen molar-refractivity contribution in [1.29, 1.82) is 0 Å². The molecule has 2 aliphatic rings. The number of nitrogens with zero attached hydrogens (tertiary/aromatic N) is 2. The van der Waals surface area contributed by atoms with Crippen molar-refractivity contribution < 1.29 is 22.7 Å². The maximum absolute atomic E-state index is 14.0. The Balaban J connectivity index is 1.68. The molecule has 0 bridgehead atoms. The van der Waals surface area contributed by atoms with Crippen LogP contribution in [0.5, 0.6) is 0 Å². The molecule has 2 aromatic rings. The fourth-order valence-corrected chi connectivity index (χ4v) is 6.20. The first-order valence-corrected chi connectivity index (χ1v) is 13.1. The number of fused-ring (bicyclic) bond motifs is 3. The highest BCUT2D eigenvalue weighted by molar-refractivity contribution is 7.92. The summed E-state index contributed by atoms with van der Waals surface area (Å²) in [5, 5.41) is 9.95. The van der Waals surface area contributed by atoms with Crippen molar-refractivity contribution >= 4 is 33.4 Å². The van der Waals surface area contributed by atoms with Gasteiger partial charge in [-0.1, -0.05) is 26.0 Å². The molecule has 0 saturated carbocycles. The zero-order valence-electron chi connectivity index (χ0n) is 19.4. The van der Waals surface area contributed by atoms with Gasteiger partial charge in [0, 0.05) is 24.8 Å². The Kier molecular flexibility index (Phi) is 6.95. The molecule has 0 spiro atoms. The van der Waals surface area contributed by atoms with E-state index in [1.807, 2.05) is 13.8 Å². The van der Waals surface area contributed by atoms with E-state index >= 15 is 0 Å². The molecule has 1 atom stereocenters. The van der Waals surface area contributed by atoms with Crippen molar-refractivity contribution in [3.63, 3.8) is 0 Å². The van der Waals surface area contributed by atoms with Crippen molar-refractivity contribution in [2.24, 2.45) is 0 Å². The van der Waals surface area contributed by atoms with Gasteiger partial charge in [0.15, 0.2) is 0 Å². The second-order valence-electron chi connectivity index (χ2n) is 8.66. The fourth-order valence-electron chi connectivity index (χ4n) is 4.95. The van der Waals surface area contributed by atoms with Gasteiger partial charge in [0.2, 0.25) is 0 Å². The topological polar surface area (TPSA) is 90.0 Å². The van der Waals surface area contributed by atoms with E-state index in [0.29, 0.717) is 18.5 Å². The summed E-state index contributed by atoms with van der Waals surface area (Å²) >= 11 is 0. The van der Waals surface area contributed by atoms with Gasteiger partial charge in [-0.2, -0.15) is 0 Å². The van der Waals surface area contributed by atoms with Crippen LogP contribution in [-0.4, -0.2) is 56.6 Å². The van der Waals surface area contributed by atoms with E-state index in [0.717, 1.165) is 44.2 Å². The van der Waals surface area contributed by atoms with Crippen molar-refractivity contribution in [1.82, 2.24) is 4.90 Å². The first kappa shape index (κ1) is 24.2. The van der Waals surface area contributed by atoms with E-state index in [2.05, 4.69) is 14.5 Å². The smallest absolute Gasteiger partial charge is 0.338 e. The van der Waals surface area contributed by atoms with E-state index < -0.39 is 21.8 Å². The summed E-state index contributed by atoms with van der Waals surface area (Å²) in [4.78, 5) is 16.4. The molecule has 1 fully saturated rings. The van der Waals surface area contributed by atoms with Gasteiger partial charge in [0.25, 0.3) is 10.0 Å². The van der Waals surface area contributed by atoms with Crippen LogP contribution >= 0.6 is 0 Å². The number of aromatic carboxylic acids is 1. The number of nitrogens with one attached hydrogen (secondary N) is 1. The Hall–Kier alpha value is -2.91. The molecule has 7 nitrogen and oxygen atoms in total. The van der Waals surface area contributed by atoms with Crippen LogP contribution in [0.1, 0.15) is 48.2 Å². The maximum Gasteiger partial charge on any atom is 0.338 e. The Bertz CT molecular complexity index is 1220. The van der Waals surface area contributed by atoms with Gasteiger partial charge in [-0.05, 0) is 73.8 Å². The Morgan fingerprint density at radius 1 is 1.26 bits per heavy atom. The monoisotopic (exact) mass is 487 g/mol. The SMILES string of the molecule is CCN(CC)CC=Cc1cc(F)ccc1S(=O)(=O)Nc1ccc2c(c1C(=O)O)C[C@H]1CCCN21. The van der Waals surface area contributed by atoms with Gasteiger partial charge in [0.05, 0.1) is 16.1 Å². The predicted octanol–water partition coefficient (Wildman–Crippen LogP) is 4.20. The van der Waals surface area contributed by atoms with Crippen LogP contribution in [0.4, 0.5) is 15.8 Å². The lowest BCUT2D eigenvalue weighted by Crippen LogP contribution is -2.24. The van der Waals surface area contributed by atoms with Gasteiger partial charge >= 0.3 is 5.97 Å². The number of likely N-dealkylation sites (N-methyl/N-ethyl adjacent to an activating group) is 1. The number of hydrogen-bond acceptors (Lipinski definition) is 5. The number of benzene rings is 2. The summed E-state index contributed by atoms with van der Waals surface area (Å²) in [5.74, 6) is -1.72. The average Bonchev–Trinajstić information content (AvgIpc) is 3.37. The largest absolute Gasteiger partial charge is 0.478 e. The number of carbonyl (C=O) groups is 1. The third-order valence-corrected chi connectivity index (χ3v) is 8.13. The molecular formula is C25H30FN3O4S. The summed E-state index contributed by atoms with van der Waals surface area (Å²) in [5.41, 5.74) is 1.74. The molecule has 0 unspecified atom stereocenters. The molecule has 4 rings (SSSR count). The first-order valence-electron chi connectivity index (χ1n) is 11.6. The van der Waals surface area contributed by atoms with Gasteiger partial charge in [-0.15, -0.1) is 0 Å². The van der Waals surface area contributed by atoms with Gasteiger partial charge in [0.1, 0.15) is 5.82 Å². The second kappa shape index (κ2) is 9.76. The highest BCUT2D eigenvalue weighted by Crippen LogP contribution is 2.42. The van der Waals surface area contributed by atoms with E-state index in [-0.39, 0.29) is 27.8 Å². The second-order valence-corrected chi connectivity index (χ2v) is 10.3. The van der Waals surface area contributed by atoms with E-state index in [1.54, 1.807) is 18.2 Å². The van der Waals surface area contributed by atoms with Crippen molar-refractivity contribution in [3.8, 4) is 0 Å². The summed E-state index contributed by atoms with van der Waals surface area (Å²) in [6.45, 7) is 7.21. The van der Waals surface area contributed by atoms with Crippen LogP contribution in [-0.2, 0) is 16.4 Å². The highest BCUT2D eigenvalue weighted by atomic mass is 32.2. The van der Waals surface area contributed by atoms with Gasteiger partial charge in [-0.25, -0.2) is 17.6 Å². The van der Waals surface area contributed by atoms with E-state index in [9.17, 15) is 22.7 Å². The maximum atomic E-state index is 14.0. The zero-order valence-corrected chi connectivity index (χ0v) is 20.2. The number of anilines is 2. The molecular weight excluding hydrogens is 457 g/mol. The first-order chi connectivity index (χ1) is 16.2. The quantitative estimate of drug-likeness (QED) is 0.551. The summed E-state index contributed by atoms with van der Waals surface area (Å²) in [6.07, 6.45) is 6.03. The van der Waals surface area contributed by atoms with Crippen LogP contribution in [0.3, 0.4) is 0 Å². The minimum Gasteiger partial charge on any atom is -0.478 e. The summed E-state index contributed by atoms with van der Waals surface area (Å²) in [6, 6.07) is 7.03. The van der Waals surface area contributed by atoms with Gasteiger partial charge < -0.3 is 14.9 Å². The molecule has 0 amide bonds. The van der Waals surface area contributed by atoms with Gasteiger partial charge in [-0.3, -0.25) is 4.72 Å². The number of hydrogen-bond donors (Lipinski definition) is 2. The number of rotatable bonds is 9. The average molecular weight is 488 g/mol. The molecule has 0 aliphatic carbocycles. The van der Waals surface area contributed by atoms with Crippen LogP contribution in [0, 0.1) is 5.82 Å². The normalized spacial score (nSPS) is 17.4. The molecule has 1 saturated heterocycles. The number of carboxylic acid groups (broad SMARTS) is 1. The Morgan fingerprint density at radius 3 is 2.74 bits per heavy atom. The molecule has 9 heteroatoms. The lowest BCUT2D eigenvalue weighted by Gasteiger charge is -2.19. The van der Waals surface area contributed by atoms with E-state index in [1.165, 1.54) is 18.2 Å². The zero-order chi connectivity index (χ0) is 24.5. The lowest BCUT2D eigenvalue weighted by atomic mass is 10.00. The Morgan fingerprint density at radius 2 is 2.03 bits per heavy atom. The lowest BCUT2D eigenvalue weighted by molar-refractivity contribution is 0.0697. The molecule has 34 heavy (non-hydrogen) atoms. The number of carboxylic acids is 1. The predicted molar refractivity (Wildman–Crippen MR) is 132 cm³/mol. The molecule has 0 aromatic heterocycles. The van der Waals surface area contributed by atoms with E-state index in [4.69, 9.17) is 0 Å². The third-order valence-electron chi connectivity index (χ3n) is 6.69. The van der Waals surface area contributed by atoms with Crippen LogP contribution in [0.25, 0.3) is 6.08 Å². The number of halogens is 1. The number of sulfonamides is 1. The molecule has 2 aromatic carbocycles. The molecule has 182 valence electrons. The summed E-state index contributed by atoms with van der Waals surface area (Å²) < 4.78 is 43.1. The standard InChI is InChI=1S/C25H30FN3O4S/c1-3-28(4-2)13-5-7-17-15-18(26)9-12-23(17)34(32,33)27-21-10-11-22-20(24(21)25(30)31)16-19-8-6-14-29(19)22/h5,7,9-12,15,19,27H,3-4,6,8,13-14,16H2,1-2H3,(H,30,31)/t19-/m1/s1. The van der Waals surface area contributed by atoms with Crippen molar-refractivity contribution in [3.05, 3.63) is 58.9 Å². The molecule has 2 N–H and O–H groups in total.